The van der Waals surface area contributed by atoms with E-state index in [1.165, 1.54) is 38.1 Å². The Hall–Kier alpha value is -3.12. The summed E-state index contributed by atoms with van der Waals surface area (Å²) >= 11 is 0. The fourth-order valence-electron chi connectivity index (χ4n) is 3.57. The van der Waals surface area contributed by atoms with Gasteiger partial charge < -0.3 is 0 Å². The average Bonchev–Trinajstić information content (AvgIpc) is 2.67. The fraction of sp³-hybridized carbons (Fsp3) is 0. The molecule has 0 saturated carbocycles. The van der Waals surface area contributed by atoms with Crippen LogP contribution in [0.25, 0.3) is 43.4 Å². The van der Waals surface area contributed by atoms with E-state index in [9.17, 15) is 0 Å². The maximum absolute atomic E-state index is 3.42. The fourth-order valence-corrected chi connectivity index (χ4v) is 3.57. The monoisotopic (exact) mass is 303 g/mol. The summed E-state index contributed by atoms with van der Waals surface area (Å²) in [6, 6.07) is 35.8. The Morgan fingerprint density at radius 2 is 1.33 bits per heavy atom. The van der Waals surface area contributed by atoms with Gasteiger partial charge >= 0.3 is 0 Å². The Morgan fingerprint density at radius 1 is 0.542 bits per heavy atom. The number of rotatable bonds is 1. The first-order valence-corrected chi connectivity index (χ1v) is 8.21. The van der Waals surface area contributed by atoms with Crippen molar-refractivity contribution in [2.45, 2.75) is 0 Å². The second-order valence-electron chi connectivity index (χ2n) is 6.16. The van der Waals surface area contributed by atoms with Crippen molar-refractivity contribution in [3.63, 3.8) is 0 Å². The van der Waals surface area contributed by atoms with Crippen molar-refractivity contribution in [2.75, 3.05) is 0 Å². The van der Waals surface area contributed by atoms with Crippen LogP contribution in [0, 0.1) is 6.07 Å². The first-order chi connectivity index (χ1) is 11.9. The Kier molecular flexibility index (Phi) is 2.89. The summed E-state index contributed by atoms with van der Waals surface area (Å²) in [6.07, 6.45) is 0. The minimum Gasteiger partial charge on any atom is -0.0616 e. The zero-order chi connectivity index (χ0) is 15.9. The molecule has 0 aliphatic rings. The van der Waals surface area contributed by atoms with Gasteiger partial charge in [-0.15, -0.1) is 0 Å². The topological polar surface area (TPSA) is 0 Å². The molecule has 0 N–H and O–H groups in total. The molecule has 0 unspecified atom stereocenters. The summed E-state index contributed by atoms with van der Waals surface area (Å²) in [7, 11) is 0. The van der Waals surface area contributed by atoms with Crippen molar-refractivity contribution in [1.82, 2.24) is 0 Å². The maximum Gasteiger partial charge on any atom is -0.00928 e. The zero-order valence-electron chi connectivity index (χ0n) is 13.2. The van der Waals surface area contributed by atoms with Crippen molar-refractivity contribution in [3.05, 3.63) is 97.1 Å². The van der Waals surface area contributed by atoms with E-state index in [1.54, 1.807) is 0 Å². The molecule has 111 valence electrons. The molecule has 0 aromatic heterocycles. The van der Waals surface area contributed by atoms with Gasteiger partial charge in [-0.2, -0.15) is 0 Å². The van der Waals surface area contributed by atoms with E-state index in [4.69, 9.17) is 0 Å². The van der Waals surface area contributed by atoms with Gasteiger partial charge in [0.1, 0.15) is 0 Å². The molecule has 24 heavy (non-hydrogen) atoms. The lowest BCUT2D eigenvalue weighted by Gasteiger charge is -2.10. The van der Waals surface area contributed by atoms with Crippen molar-refractivity contribution < 1.29 is 0 Å². The third-order valence-corrected chi connectivity index (χ3v) is 4.75. The van der Waals surface area contributed by atoms with Gasteiger partial charge in [0.2, 0.25) is 0 Å². The third-order valence-electron chi connectivity index (χ3n) is 4.75. The molecule has 0 atom stereocenters. The molecule has 0 amide bonds. The Bertz CT molecular complexity index is 1200. The van der Waals surface area contributed by atoms with Crippen LogP contribution in [-0.4, -0.2) is 0 Å². The molecule has 0 bridgehead atoms. The van der Waals surface area contributed by atoms with E-state index in [1.807, 2.05) is 0 Å². The predicted molar refractivity (Wildman–Crippen MR) is 103 cm³/mol. The molecule has 0 fully saturated rings. The number of benzene rings is 5. The molecule has 0 aliphatic heterocycles. The summed E-state index contributed by atoms with van der Waals surface area (Å²) in [5.41, 5.74) is 2.48. The molecule has 0 aliphatic carbocycles. The van der Waals surface area contributed by atoms with Gasteiger partial charge in [0, 0.05) is 0 Å². The molecule has 0 spiro atoms. The lowest BCUT2D eigenvalue weighted by atomic mass is 9.94. The van der Waals surface area contributed by atoms with Crippen molar-refractivity contribution in [1.29, 1.82) is 0 Å². The minimum atomic E-state index is 1.16. The quantitative estimate of drug-likeness (QED) is 0.305. The SMILES string of the molecule is [c]1cc(-c2cccc3c2ccc2ccccc23)cc2ccccc12. The highest BCUT2D eigenvalue weighted by Gasteiger charge is 2.07. The Balaban J connectivity index is 1.83. The second kappa shape index (κ2) is 5.21. The van der Waals surface area contributed by atoms with E-state index in [-0.39, 0.29) is 0 Å². The highest BCUT2D eigenvalue weighted by Crippen LogP contribution is 2.34. The normalized spacial score (nSPS) is 11.3. The molecule has 5 aromatic rings. The average molecular weight is 303 g/mol. The van der Waals surface area contributed by atoms with Gasteiger partial charge in [-0.25, -0.2) is 0 Å². The van der Waals surface area contributed by atoms with E-state index in [2.05, 4.69) is 97.1 Å². The van der Waals surface area contributed by atoms with E-state index >= 15 is 0 Å². The van der Waals surface area contributed by atoms with E-state index in [0.29, 0.717) is 0 Å². The van der Waals surface area contributed by atoms with Gasteiger partial charge in [0.15, 0.2) is 0 Å². The third kappa shape index (κ3) is 2.00. The molecule has 0 heterocycles. The van der Waals surface area contributed by atoms with Gasteiger partial charge in [0.05, 0.1) is 0 Å². The number of hydrogen-bond acceptors (Lipinski definition) is 0. The van der Waals surface area contributed by atoms with E-state index < -0.39 is 0 Å². The van der Waals surface area contributed by atoms with Crippen LogP contribution in [0.3, 0.4) is 0 Å². The van der Waals surface area contributed by atoms with Crippen molar-refractivity contribution >= 4 is 32.3 Å². The first-order valence-electron chi connectivity index (χ1n) is 8.21. The van der Waals surface area contributed by atoms with Gasteiger partial charge in [-0.1, -0.05) is 78.9 Å². The van der Waals surface area contributed by atoms with Crippen LogP contribution in [0.15, 0.2) is 91.0 Å². The molecule has 0 heteroatoms. The van der Waals surface area contributed by atoms with Crippen LogP contribution in [0.4, 0.5) is 0 Å². The minimum absolute atomic E-state index is 1.16. The molecule has 0 saturated heterocycles. The van der Waals surface area contributed by atoms with Gasteiger partial charge in [0.25, 0.3) is 0 Å². The summed E-state index contributed by atoms with van der Waals surface area (Å²) in [6.45, 7) is 0. The summed E-state index contributed by atoms with van der Waals surface area (Å²) in [5.74, 6) is 0. The molecular weight excluding hydrogens is 288 g/mol. The van der Waals surface area contributed by atoms with Crippen LogP contribution >= 0.6 is 0 Å². The molecule has 1 radical (unpaired) electrons. The Labute approximate surface area is 141 Å². The number of hydrogen-bond donors (Lipinski definition) is 0. The zero-order valence-corrected chi connectivity index (χ0v) is 13.2. The van der Waals surface area contributed by atoms with Crippen molar-refractivity contribution in [3.8, 4) is 11.1 Å². The first kappa shape index (κ1) is 13.3. The molecule has 5 rings (SSSR count). The molecule has 0 nitrogen and oxygen atoms in total. The smallest absolute Gasteiger partial charge is 0.00928 e. The number of fused-ring (bicyclic) bond motifs is 4. The summed E-state index contributed by atoms with van der Waals surface area (Å²) in [4.78, 5) is 0. The lowest BCUT2D eigenvalue weighted by Crippen LogP contribution is -1.84. The van der Waals surface area contributed by atoms with Crippen molar-refractivity contribution in [2.24, 2.45) is 0 Å². The summed E-state index contributed by atoms with van der Waals surface area (Å²) in [5, 5.41) is 7.58. The van der Waals surface area contributed by atoms with E-state index in [0.717, 1.165) is 5.39 Å². The van der Waals surface area contributed by atoms with Crippen LogP contribution in [0.1, 0.15) is 0 Å². The molecule has 5 aromatic carbocycles. The highest BCUT2D eigenvalue weighted by molar-refractivity contribution is 6.12. The summed E-state index contributed by atoms with van der Waals surface area (Å²) < 4.78 is 0. The second-order valence-corrected chi connectivity index (χ2v) is 6.16. The van der Waals surface area contributed by atoms with Gasteiger partial charge in [-0.3, -0.25) is 0 Å². The van der Waals surface area contributed by atoms with Crippen LogP contribution in [0.2, 0.25) is 0 Å². The maximum atomic E-state index is 3.42. The van der Waals surface area contributed by atoms with Crippen LogP contribution in [-0.2, 0) is 0 Å². The predicted octanol–water partition coefficient (Wildman–Crippen LogP) is 6.61. The standard InChI is InChI=1S/C24H15/c1-2-8-19-16-20(13-12-17(19)6-1)22-10-5-11-23-21-9-4-3-7-18(21)14-15-24(22)23/h1-11,13-16H. The Morgan fingerprint density at radius 3 is 2.29 bits per heavy atom. The van der Waals surface area contributed by atoms with Crippen LogP contribution in [0.5, 0.6) is 0 Å². The van der Waals surface area contributed by atoms with Crippen LogP contribution < -0.4 is 0 Å². The lowest BCUT2D eigenvalue weighted by molar-refractivity contribution is 1.68. The highest BCUT2D eigenvalue weighted by atomic mass is 14.1. The largest absolute Gasteiger partial charge is 0.0616 e. The van der Waals surface area contributed by atoms with Gasteiger partial charge in [-0.05, 0) is 61.6 Å². The molecular formula is C24H15.